The summed E-state index contributed by atoms with van der Waals surface area (Å²) in [5.74, 6) is 0. The molecule has 0 radical (unpaired) electrons. The number of nitrogens with zero attached hydrogens (tertiary/aromatic N) is 3. The largest absolute Gasteiger partial charge is 0.345 e. The average molecular weight is 342 g/mol. The summed E-state index contributed by atoms with van der Waals surface area (Å²) in [5.41, 5.74) is 2.36. The minimum absolute atomic E-state index is 0.0644. The van der Waals surface area contributed by atoms with Gasteiger partial charge in [0, 0.05) is 16.7 Å². The highest BCUT2D eigenvalue weighted by atomic mass is 16.3. The quantitative estimate of drug-likeness (QED) is 0.557. The second kappa shape index (κ2) is 6.67. The maximum atomic E-state index is 10.5. The Kier molecular flexibility index (Phi) is 4.21. The molecule has 0 bridgehead atoms. The number of benzene rings is 3. The highest BCUT2D eigenvalue weighted by Gasteiger charge is 2.57. The fraction of sp³-hybridized carbons (Fsp3) is 0.0909. The van der Waals surface area contributed by atoms with Crippen LogP contribution in [0.2, 0.25) is 0 Å². The van der Waals surface area contributed by atoms with Crippen LogP contribution in [0.1, 0.15) is 16.7 Å². The molecule has 1 heterocycles. The van der Waals surface area contributed by atoms with Crippen molar-refractivity contribution in [3.05, 3.63) is 108 Å². The van der Waals surface area contributed by atoms with Crippen LogP contribution in [0, 0.1) is 0 Å². The van der Waals surface area contributed by atoms with E-state index in [1.807, 2.05) is 54.6 Å². The predicted octanol–water partition coefficient (Wildman–Crippen LogP) is 3.73. The molecule has 26 heavy (non-hydrogen) atoms. The summed E-state index contributed by atoms with van der Waals surface area (Å²) < 4.78 is -0.0644. The van der Waals surface area contributed by atoms with Crippen LogP contribution in [0.5, 0.6) is 0 Å². The van der Waals surface area contributed by atoms with Crippen molar-refractivity contribution in [3.8, 4) is 0 Å². The van der Waals surface area contributed by atoms with Crippen LogP contribution in [0.4, 0.5) is 0 Å². The van der Waals surface area contributed by atoms with Crippen LogP contribution in [-0.4, -0.2) is 29.1 Å². The van der Waals surface area contributed by atoms with Gasteiger partial charge in [0.15, 0.2) is 6.34 Å². The number of quaternary nitrogens is 1. The highest BCUT2D eigenvalue weighted by molar-refractivity contribution is 5.72. The third-order valence-corrected chi connectivity index (χ3v) is 4.95. The second-order valence-electron chi connectivity index (χ2n) is 6.27. The third kappa shape index (κ3) is 2.31. The maximum Gasteiger partial charge on any atom is 0.221 e. The van der Waals surface area contributed by atoms with Crippen LogP contribution in [0.25, 0.3) is 0 Å². The van der Waals surface area contributed by atoms with Gasteiger partial charge in [0.25, 0.3) is 0 Å². The molecule has 1 aliphatic heterocycles. The summed E-state index contributed by atoms with van der Waals surface area (Å²) in [4.78, 5) is 4.25. The summed E-state index contributed by atoms with van der Waals surface area (Å²) >= 11 is 0. The first-order valence-electron chi connectivity index (χ1n) is 8.57. The second-order valence-corrected chi connectivity index (χ2v) is 6.27. The molecular weight excluding hydrogens is 322 g/mol. The number of aliphatic hydroxyl groups excluding tert-OH is 1. The van der Waals surface area contributed by atoms with Gasteiger partial charge in [-0.15, -0.1) is 4.59 Å². The number of rotatable bonds is 5. The van der Waals surface area contributed by atoms with Gasteiger partial charge >= 0.3 is 0 Å². The number of hydrogen-bond donors (Lipinski definition) is 1. The molecule has 1 N–H and O–H groups in total. The molecule has 1 atom stereocenters. The predicted molar refractivity (Wildman–Crippen MR) is 104 cm³/mol. The fourth-order valence-electron chi connectivity index (χ4n) is 3.85. The van der Waals surface area contributed by atoms with E-state index in [-0.39, 0.29) is 11.3 Å². The molecule has 1 unspecified atom stereocenters. The molecule has 3 aromatic carbocycles. The smallest absolute Gasteiger partial charge is 0.221 e. The highest BCUT2D eigenvalue weighted by Crippen LogP contribution is 2.47. The van der Waals surface area contributed by atoms with Crippen molar-refractivity contribution >= 4 is 12.7 Å². The van der Waals surface area contributed by atoms with Crippen molar-refractivity contribution in [2.45, 2.75) is 5.54 Å². The zero-order chi connectivity index (χ0) is 17.9. The summed E-state index contributed by atoms with van der Waals surface area (Å²) in [6.07, 6.45) is 3.23. The van der Waals surface area contributed by atoms with Crippen LogP contribution in [0.15, 0.2) is 101 Å². The van der Waals surface area contributed by atoms with Gasteiger partial charge in [-0.25, -0.2) is 0 Å². The van der Waals surface area contributed by atoms with E-state index in [0.717, 1.165) is 16.7 Å². The van der Waals surface area contributed by atoms with E-state index in [0.29, 0.717) is 0 Å². The van der Waals surface area contributed by atoms with Crippen molar-refractivity contribution in [1.82, 2.24) is 0 Å². The molecule has 1 aliphatic rings. The lowest BCUT2D eigenvalue weighted by Crippen LogP contribution is -2.59. The van der Waals surface area contributed by atoms with Crippen molar-refractivity contribution in [3.63, 3.8) is 0 Å². The Labute approximate surface area is 153 Å². The number of aliphatic hydroxyl groups is 1. The van der Waals surface area contributed by atoms with Crippen LogP contribution < -0.4 is 0 Å². The average Bonchev–Trinajstić information content (AvgIpc) is 3.22. The normalized spacial score (nSPS) is 19.0. The monoisotopic (exact) mass is 342 g/mol. The first kappa shape index (κ1) is 16.4. The molecular formula is C22H20N3O+. The van der Waals surface area contributed by atoms with Crippen LogP contribution >= 0.6 is 0 Å². The number of hydrogen-bond acceptors (Lipinski definition) is 3. The van der Waals surface area contributed by atoms with Crippen molar-refractivity contribution in [1.29, 1.82) is 0 Å². The summed E-state index contributed by atoms with van der Waals surface area (Å²) in [5, 5.41) is 15.1. The van der Waals surface area contributed by atoms with Gasteiger partial charge in [0.1, 0.15) is 0 Å². The van der Waals surface area contributed by atoms with Crippen molar-refractivity contribution in [2.75, 3.05) is 6.73 Å². The van der Waals surface area contributed by atoms with Crippen molar-refractivity contribution < 1.29 is 9.70 Å². The zero-order valence-electron chi connectivity index (χ0n) is 14.3. The van der Waals surface area contributed by atoms with E-state index in [1.165, 1.54) is 6.34 Å². The van der Waals surface area contributed by atoms with Crippen LogP contribution in [0.3, 0.4) is 0 Å². The van der Waals surface area contributed by atoms with Crippen LogP contribution in [-0.2, 0) is 5.54 Å². The number of aliphatic imine (C=N–C) groups is 1. The molecule has 4 nitrogen and oxygen atoms in total. The minimum atomic E-state index is -0.755. The third-order valence-electron chi connectivity index (χ3n) is 4.95. The molecule has 0 amide bonds. The molecule has 128 valence electrons. The van der Waals surface area contributed by atoms with Gasteiger partial charge in [-0.3, -0.25) is 0 Å². The first-order chi connectivity index (χ1) is 12.8. The topological polar surface area (TPSA) is 45.0 Å². The Morgan fingerprint density at radius 1 is 0.692 bits per heavy atom. The molecule has 3 aromatic rings. The lowest BCUT2D eigenvalue weighted by Gasteiger charge is -2.44. The molecule has 0 spiro atoms. The maximum absolute atomic E-state index is 10.5. The lowest BCUT2D eigenvalue weighted by atomic mass is 9.75. The molecule has 4 heteroatoms. The molecule has 0 saturated heterocycles. The van der Waals surface area contributed by atoms with Crippen molar-refractivity contribution in [2.24, 2.45) is 10.1 Å². The lowest BCUT2D eigenvalue weighted by molar-refractivity contribution is -0.906. The van der Waals surface area contributed by atoms with Gasteiger partial charge in [-0.2, -0.15) is 4.99 Å². The van der Waals surface area contributed by atoms with E-state index >= 15 is 0 Å². The van der Waals surface area contributed by atoms with E-state index < -0.39 is 5.54 Å². The minimum Gasteiger partial charge on any atom is -0.345 e. The molecule has 4 rings (SSSR count). The molecule has 0 aromatic heterocycles. The van der Waals surface area contributed by atoms with Gasteiger partial charge in [-0.05, 0) is 0 Å². The standard InChI is InChI=1S/C22H20N3O/c26-18-25(17-23-16-24-25)22(19-10-4-1-5-11-19,20-12-6-2-7-13-20)21-14-8-3-9-15-21/h1-17,26H,18H2/q+1. The Morgan fingerprint density at radius 2 is 1.12 bits per heavy atom. The molecule has 0 saturated carbocycles. The summed E-state index contributed by atoms with van der Waals surface area (Å²) in [7, 11) is 0. The Bertz CT molecular complexity index is 813. The van der Waals surface area contributed by atoms with Gasteiger partial charge in [-0.1, -0.05) is 96.1 Å². The van der Waals surface area contributed by atoms with E-state index in [9.17, 15) is 5.11 Å². The van der Waals surface area contributed by atoms with E-state index in [4.69, 9.17) is 0 Å². The SMILES string of the molecule is OC[N+]1(C(c2ccccc2)(c2ccccc2)c2ccccc2)C=NC=N1. The first-order valence-corrected chi connectivity index (χ1v) is 8.57. The Hall–Kier alpha value is -3.08. The van der Waals surface area contributed by atoms with Gasteiger partial charge in [0.05, 0.1) is 0 Å². The fourth-order valence-corrected chi connectivity index (χ4v) is 3.85. The summed E-state index contributed by atoms with van der Waals surface area (Å²) in [6.45, 7) is -0.210. The van der Waals surface area contributed by atoms with E-state index in [1.54, 1.807) is 6.34 Å². The Morgan fingerprint density at radius 3 is 1.42 bits per heavy atom. The molecule has 0 aliphatic carbocycles. The summed E-state index contributed by atoms with van der Waals surface area (Å²) in [6, 6.07) is 30.6. The van der Waals surface area contributed by atoms with E-state index in [2.05, 4.69) is 46.5 Å². The molecule has 0 fully saturated rings. The van der Waals surface area contributed by atoms with Gasteiger partial charge < -0.3 is 5.11 Å². The van der Waals surface area contributed by atoms with Gasteiger partial charge in [0.2, 0.25) is 18.6 Å². The Balaban J connectivity index is 2.15. The zero-order valence-corrected chi connectivity index (χ0v) is 14.3.